The Morgan fingerprint density at radius 3 is 2.30 bits per heavy atom. The van der Waals surface area contributed by atoms with Crippen molar-refractivity contribution in [1.29, 1.82) is 0 Å². The van der Waals surface area contributed by atoms with Crippen molar-refractivity contribution in [2.45, 2.75) is 6.92 Å². The fraction of sp³-hybridized carbons (Fsp3) is 0.333. The van der Waals surface area contributed by atoms with Crippen LogP contribution in [-0.2, 0) is 9.59 Å². The summed E-state index contributed by atoms with van der Waals surface area (Å²) in [6, 6.07) is 8.79. The Morgan fingerprint density at radius 1 is 1.00 bits per heavy atom. The van der Waals surface area contributed by atoms with Crippen LogP contribution >= 0.6 is 34.8 Å². The first-order valence-corrected chi connectivity index (χ1v) is 10.5. The molecule has 9 heteroatoms. The van der Waals surface area contributed by atoms with Gasteiger partial charge in [-0.05, 0) is 12.1 Å². The van der Waals surface area contributed by atoms with Gasteiger partial charge in [0.2, 0.25) is 11.8 Å². The average molecular weight is 471 g/mol. The molecule has 0 aromatic heterocycles. The van der Waals surface area contributed by atoms with Gasteiger partial charge >= 0.3 is 0 Å². The second-order valence-electron chi connectivity index (χ2n) is 6.87. The van der Waals surface area contributed by atoms with E-state index in [1.807, 2.05) is 6.07 Å². The minimum atomic E-state index is -0.0578. The Bertz CT molecular complexity index is 960. The van der Waals surface area contributed by atoms with Gasteiger partial charge in [0.25, 0.3) is 0 Å². The van der Waals surface area contributed by atoms with E-state index in [9.17, 15) is 9.59 Å². The lowest BCUT2D eigenvalue weighted by atomic mass is 10.0. The molecule has 0 unspecified atom stereocenters. The van der Waals surface area contributed by atoms with Crippen LogP contribution in [0.2, 0.25) is 15.1 Å². The van der Waals surface area contributed by atoms with Crippen LogP contribution in [0.3, 0.4) is 0 Å². The van der Waals surface area contributed by atoms with E-state index in [4.69, 9.17) is 39.5 Å². The van der Waals surface area contributed by atoms with Gasteiger partial charge in [0, 0.05) is 50.3 Å². The molecule has 2 amide bonds. The first kappa shape index (κ1) is 22.5. The fourth-order valence-electron chi connectivity index (χ4n) is 3.33. The van der Waals surface area contributed by atoms with Crippen LogP contribution in [0, 0.1) is 0 Å². The SMILES string of the molecule is COc1cc(Cl)c(-c2cccc(Cl)c2Cl)cc1NCC(=O)N1CCN(C(C)=O)CC1. The molecule has 2 aromatic carbocycles. The van der Waals surface area contributed by atoms with Crippen molar-refractivity contribution in [1.82, 2.24) is 9.80 Å². The lowest BCUT2D eigenvalue weighted by molar-refractivity contribution is -0.137. The number of amides is 2. The van der Waals surface area contributed by atoms with Crippen molar-refractivity contribution in [2.24, 2.45) is 0 Å². The van der Waals surface area contributed by atoms with Gasteiger partial charge in [0.1, 0.15) is 5.75 Å². The van der Waals surface area contributed by atoms with Crippen molar-refractivity contribution >= 4 is 52.3 Å². The molecule has 6 nitrogen and oxygen atoms in total. The van der Waals surface area contributed by atoms with Gasteiger partial charge in [-0.1, -0.05) is 46.9 Å². The number of nitrogens with one attached hydrogen (secondary N) is 1. The summed E-state index contributed by atoms with van der Waals surface area (Å²) in [5.41, 5.74) is 1.98. The quantitative estimate of drug-likeness (QED) is 0.702. The van der Waals surface area contributed by atoms with E-state index in [0.29, 0.717) is 63.8 Å². The maximum absolute atomic E-state index is 12.6. The van der Waals surface area contributed by atoms with Crippen LogP contribution in [0.4, 0.5) is 5.69 Å². The number of anilines is 1. The van der Waals surface area contributed by atoms with E-state index >= 15 is 0 Å². The van der Waals surface area contributed by atoms with E-state index in [1.54, 1.807) is 34.1 Å². The predicted octanol–water partition coefficient (Wildman–Crippen LogP) is 4.43. The lowest BCUT2D eigenvalue weighted by Crippen LogP contribution is -2.51. The number of carbonyl (C=O) groups excluding carboxylic acids is 2. The van der Waals surface area contributed by atoms with Gasteiger partial charge < -0.3 is 19.9 Å². The number of nitrogens with zero attached hydrogens (tertiary/aromatic N) is 2. The molecular formula is C21H22Cl3N3O3. The molecular weight excluding hydrogens is 449 g/mol. The summed E-state index contributed by atoms with van der Waals surface area (Å²) in [4.78, 5) is 27.5. The second-order valence-corrected chi connectivity index (χ2v) is 8.07. The van der Waals surface area contributed by atoms with Gasteiger partial charge in [-0.2, -0.15) is 0 Å². The van der Waals surface area contributed by atoms with Gasteiger partial charge in [0.05, 0.1) is 34.4 Å². The number of hydrogen-bond acceptors (Lipinski definition) is 4. The molecule has 1 saturated heterocycles. The summed E-state index contributed by atoms with van der Waals surface area (Å²) in [6.07, 6.45) is 0. The van der Waals surface area contributed by atoms with E-state index in [2.05, 4.69) is 5.32 Å². The molecule has 160 valence electrons. The number of halogens is 3. The monoisotopic (exact) mass is 469 g/mol. The number of benzene rings is 2. The van der Waals surface area contributed by atoms with E-state index in [-0.39, 0.29) is 18.4 Å². The minimum Gasteiger partial charge on any atom is -0.495 e. The van der Waals surface area contributed by atoms with Gasteiger partial charge in [-0.15, -0.1) is 0 Å². The third-order valence-electron chi connectivity index (χ3n) is 5.04. The first-order chi connectivity index (χ1) is 14.3. The summed E-state index contributed by atoms with van der Waals surface area (Å²) >= 11 is 18.9. The number of piperazine rings is 1. The zero-order chi connectivity index (χ0) is 21.8. The minimum absolute atomic E-state index is 0.0262. The van der Waals surface area contributed by atoms with E-state index < -0.39 is 0 Å². The summed E-state index contributed by atoms with van der Waals surface area (Å²) in [5, 5.41) is 4.41. The second kappa shape index (κ2) is 9.77. The highest BCUT2D eigenvalue weighted by Gasteiger charge is 2.22. The Balaban J connectivity index is 1.76. The molecule has 30 heavy (non-hydrogen) atoms. The molecule has 0 saturated carbocycles. The summed E-state index contributed by atoms with van der Waals surface area (Å²) in [5.74, 6) is 0.479. The van der Waals surface area contributed by atoms with Crippen LogP contribution in [-0.4, -0.2) is 61.4 Å². The molecule has 0 bridgehead atoms. The third-order valence-corrected chi connectivity index (χ3v) is 6.17. The molecule has 3 rings (SSSR count). The van der Waals surface area contributed by atoms with Crippen LogP contribution < -0.4 is 10.1 Å². The highest BCUT2D eigenvalue weighted by atomic mass is 35.5. The number of methoxy groups -OCH3 is 1. The molecule has 0 aliphatic carbocycles. The molecule has 1 fully saturated rings. The normalized spacial score (nSPS) is 13.9. The topological polar surface area (TPSA) is 61.9 Å². The molecule has 1 N–H and O–H groups in total. The Kier molecular flexibility index (Phi) is 7.34. The standard InChI is InChI=1S/C21H22Cl3N3O3/c1-13(28)26-6-8-27(9-7-26)20(29)12-25-18-10-15(17(23)11-19(18)30-2)14-4-3-5-16(22)21(14)24/h3-5,10-11,25H,6-9,12H2,1-2H3. The smallest absolute Gasteiger partial charge is 0.241 e. The maximum Gasteiger partial charge on any atom is 0.241 e. The summed E-state index contributed by atoms with van der Waals surface area (Å²) < 4.78 is 5.41. The zero-order valence-electron chi connectivity index (χ0n) is 16.7. The van der Waals surface area contributed by atoms with Gasteiger partial charge in [-0.3, -0.25) is 9.59 Å². The Hall–Kier alpha value is -2.15. The van der Waals surface area contributed by atoms with E-state index in [0.717, 1.165) is 0 Å². The molecule has 0 spiro atoms. The van der Waals surface area contributed by atoms with Gasteiger partial charge in [0.15, 0.2) is 0 Å². The highest BCUT2D eigenvalue weighted by molar-refractivity contribution is 6.44. The van der Waals surface area contributed by atoms with Crippen molar-refractivity contribution in [2.75, 3.05) is 45.2 Å². The summed E-state index contributed by atoms with van der Waals surface area (Å²) in [6.45, 7) is 3.74. The number of ether oxygens (including phenoxy) is 1. The van der Waals surface area contributed by atoms with Crippen LogP contribution in [0.15, 0.2) is 30.3 Å². The number of rotatable bonds is 5. The molecule has 0 atom stereocenters. The number of hydrogen-bond donors (Lipinski definition) is 1. The summed E-state index contributed by atoms with van der Waals surface area (Å²) in [7, 11) is 1.53. The van der Waals surface area contributed by atoms with Crippen LogP contribution in [0.5, 0.6) is 5.75 Å². The van der Waals surface area contributed by atoms with Gasteiger partial charge in [-0.25, -0.2) is 0 Å². The van der Waals surface area contributed by atoms with Crippen molar-refractivity contribution in [3.05, 3.63) is 45.4 Å². The van der Waals surface area contributed by atoms with Crippen molar-refractivity contribution in [3.8, 4) is 16.9 Å². The Morgan fingerprint density at radius 2 is 1.67 bits per heavy atom. The molecule has 2 aromatic rings. The highest BCUT2D eigenvalue weighted by Crippen LogP contribution is 2.41. The first-order valence-electron chi connectivity index (χ1n) is 9.41. The number of carbonyl (C=O) groups is 2. The largest absolute Gasteiger partial charge is 0.495 e. The maximum atomic E-state index is 12.6. The lowest BCUT2D eigenvalue weighted by Gasteiger charge is -2.34. The third kappa shape index (κ3) is 4.94. The fourth-order valence-corrected chi connectivity index (χ4v) is 3.99. The van der Waals surface area contributed by atoms with E-state index in [1.165, 1.54) is 14.0 Å². The Labute approximate surface area is 190 Å². The molecule has 1 aliphatic heterocycles. The average Bonchev–Trinajstić information content (AvgIpc) is 2.74. The zero-order valence-corrected chi connectivity index (χ0v) is 18.9. The van der Waals surface area contributed by atoms with Crippen molar-refractivity contribution < 1.29 is 14.3 Å². The molecule has 0 radical (unpaired) electrons. The predicted molar refractivity (Wildman–Crippen MR) is 121 cm³/mol. The van der Waals surface area contributed by atoms with Crippen LogP contribution in [0.25, 0.3) is 11.1 Å². The van der Waals surface area contributed by atoms with Crippen LogP contribution in [0.1, 0.15) is 6.92 Å². The van der Waals surface area contributed by atoms with Crippen molar-refractivity contribution in [3.63, 3.8) is 0 Å². The molecule has 1 aliphatic rings. The molecule has 1 heterocycles.